The SMILES string of the molecule is O=C(NC1CCN(Cc2ccccc2)CC1)c1cc(C2CC2)nn1-c1ccccc1. The number of hydrogen-bond acceptors (Lipinski definition) is 3. The average Bonchev–Trinajstić information content (AvgIpc) is 3.54. The molecule has 2 aromatic carbocycles. The number of carbonyl (C=O) groups excluding carboxylic acids is 1. The maximum atomic E-state index is 13.2. The van der Waals surface area contributed by atoms with Crippen LogP contribution in [0.1, 0.15) is 53.3 Å². The average molecular weight is 401 g/mol. The van der Waals surface area contributed by atoms with Crippen molar-refractivity contribution in [2.24, 2.45) is 0 Å². The topological polar surface area (TPSA) is 50.2 Å². The third-order valence-electron chi connectivity index (χ3n) is 6.13. The molecule has 1 aliphatic carbocycles. The predicted octanol–water partition coefficient (Wildman–Crippen LogP) is 4.14. The van der Waals surface area contributed by atoms with Crippen molar-refractivity contribution in [2.45, 2.75) is 44.2 Å². The molecule has 1 saturated carbocycles. The van der Waals surface area contributed by atoms with Gasteiger partial charge in [-0.3, -0.25) is 9.69 Å². The Hall–Kier alpha value is -2.92. The van der Waals surface area contributed by atoms with E-state index in [9.17, 15) is 4.79 Å². The lowest BCUT2D eigenvalue weighted by molar-refractivity contribution is 0.0901. The number of amides is 1. The number of benzene rings is 2. The van der Waals surface area contributed by atoms with E-state index in [0.717, 1.165) is 43.9 Å². The summed E-state index contributed by atoms with van der Waals surface area (Å²) in [6.07, 6.45) is 4.31. The number of para-hydroxylation sites is 1. The van der Waals surface area contributed by atoms with E-state index >= 15 is 0 Å². The monoisotopic (exact) mass is 400 g/mol. The highest BCUT2D eigenvalue weighted by Crippen LogP contribution is 2.39. The summed E-state index contributed by atoms with van der Waals surface area (Å²) >= 11 is 0. The molecule has 5 rings (SSSR count). The fourth-order valence-corrected chi connectivity index (χ4v) is 4.24. The maximum absolute atomic E-state index is 13.2. The molecule has 1 aliphatic heterocycles. The first-order chi connectivity index (χ1) is 14.8. The number of piperidine rings is 1. The van der Waals surface area contributed by atoms with Crippen molar-refractivity contribution in [1.29, 1.82) is 0 Å². The van der Waals surface area contributed by atoms with Crippen LogP contribution in [0.4, 0.5) is 0 Å². The van der Waals surface area contributed by atoms with Gasteiger partial charge in [0.2, 0.25) is 0 Å². The van der Waals surface area contributed by atoms with Crippen molar-refractivity contribution in [1.82, 2.24) is 20.0 Å². The molecule has 1 N–H and O–H groups in total. The Morgan fingerprint density at radius 2 is 1.60 bits per heavy atom. The summed E-state index contributed by atoms with van der Waals surface area (Å²) in [5.74, 6) is 0.502. The van der Waals surface area contributed by atoms with Crippen molar-refractivity contribution in [2.75, 3.05) is 13.1 Å². The van der Waals surface area contributed by atoms with Crippen LogP contribution >= 0.6 is 0 Å². The Morgan fingerprint density at radius 1 is 0.933 bits per heavy atom. The molecule has 2 heterocycles. The molecule has 1 amide bonds. The summed E-state index contributed by atoms with van der Waals surface area (Å²) in [6.45, 7) is 2.99. The minimum absolute atomic E-state index is 0.0141. The van der Waals surface area contributed by atoms with Gasteiger partial charge in [0.25, 0.3) is 5.91 Å². The zero-order valence-electron chi connectivity index (χ0n) is 17.2. The second kappa shape index (κ2) is 8.44. The van der Waals surface area contributed by atoms with Crippen LogP contribution in [-0.2, 0) is 6.54 Å². The Kier molecular flexibility index (Phi) is 5.37. The van der Waals surface area contributed by atoms with Gasteiger partial charge in [-0.1, -0.05) is 48.5 Å². The molecular weight excluding hydrogens is 372 g/mol. The quantitative estimate of drug-likeness (QED) is 0.676. The highest BCUT2D eigenvalue weighted by molar-refractivity contribution is 5.93. The van der Waals surface area contributed by atoms with Crippen molar-refractivity contribution < 1.29 is 4.79 Å². The van der Waals surface area contributed by atoms with Crippen LogP contribution in [-0.4, -0.2) is 39.7 Å². The minimum Gasteiger partial charge on any atom is -0.348 e. The fraction of sp³-hybridized carbons (Fsp3) is 0.360. The van der Waals surface area contributed by atoms with E-state index in [1.165, 1.54) is 18.4 Å². The zero-order chi connectivity index (χ0) is 20.3. The summed E-state index contributed by atoms with van der Waals surface area (Å²) in [4.78, 5) is 15.6. The normalized spacial score (nSPS) is 17.7. The third-order valence-corrected chi connectivity index (χ3v) is 6.13. The highest BCUT2D eigenvalue weighted by atomic mass is 16.2. The number of likely N-dealkylation sites (tertiary alicyclic amines) is 1. The molecule has 0 radical (unpaired) electrons. The lowest BCUT2D eigenvalue weighted by Crippen LogP contribution is -2.44. The first-order valence-electron chi connectivity index (χ1n) is 11.0. The van der Waals surface area contributed by atoms with Gasteiger partial charge in [-0.2, -0.15) is 5.10 Å². The molecule has 30 heavy (non-hydrogen) atoms. The Morgan fingerprint density at radius 3 is 2.27 bits per heavy atom. The van der Waals surface area contributed by atoms with Gasteiger partial charge in [0.1, 0.15) is 5.69 Å². The summed E-state index contributed by atoms with van der Waals surface area (Å²) < 4.78 is 1.81. The van der Waals surface area contributed by atoms with Crippen LogP contribution in [0.15, 0.2) is 66.7 Å². The van der Waals surface area contributed by atoms with Crippen LogP contribution in [0.25, 0.3) is 5.69 Å². The Labute approximate surface area is 177 Å². The van der Waals surface area contributed by atoms with Crippen molar-refractivity contribution in [3.8, 4) is 5.69 Å². The van der Waals surface area contributed by atoms with Crippen molar-refractivity contribution >= 4 is 5.91 Å². The number of hydrogen-bond donors (Lipinski definition) is 1. The lowest BCUT2D eigenvalue weighted by atomic mass is 10.0. The van der Waals surface area contributed by atoms with E-state index in [2.05, 4.69) is 40.5 Å². The first kappa shape index (κ1) is 19.1. The summed E-state index contributed by atoms with van der Waals surface area (Å²) in [5, 5.41) is 8.04. The molecule has 1 saturated heterocycles. The van der Waals surface area contributed by atoms with Crippen molar-refractivity contribution in [3.05, 3.63) is 83.7 Å². The summed E-state index contributed by atoms with van der Waals surface area (Å²) in [6, 6.07) is 22.8. The van der Waals surface area contributed by atoms with Gasteiger partial charge in [-0.25, -0.2) is 4.68 Å². The second-order valence-corrected chi connectivity index (χ2v) is 8.49. The fourth-order valence-electron chi connectivity index (χ4n) is 4.24. The maximum Gasteiger partial charge on any atom is 0.270 e. The van der Waals surface area contributed by atoms with E-state index in [1.807, 2.05) is 41.1 Å². The van der Waals surface area contributed by atoms with Gasteiger partial charge < -0.3 is 5.32 Å². The molecule has 5 nitrogen and oxygen atoms in total. The largest absolute Gasteiger partial charge is 0.348 e. The van der Waals surface area contributed by atoms with Gasteiger partial charge in [-0.15, -0.1) is 0 Å². The molecule has 5 heteroatoms. The van der Waals surface area contributed by atoms with Gasteiger partial charge >= 0.3 is 0 Å². The van der Waals surface area contributed by atoms with E-state index in [0.29, 0.717) is 11.6 Å². The van der Waals surface area contributed by atoms with Crippen LogP contribution in [0, 0.1) is 0 Å². The van der Waals surface area contributed by atoms with Crippen LogP contribution < -0.4 is 5.32 Å². The molecule has 2 aliphatic rings. The summed E-state index contributed by atoms with van der Waals surface area (Å²) in [7, 11) is 0. The van der Waals surface area contributed by atoms with Gasteiger partial charge in [0, 0.05) is 31.6 Å². The minimum atomic E-state index is -0.0141. The van der Waals surface area contributed by atoms with Gasteiger partial charge in [0.05, 0.1) is 11.4 Å². The second-order valence-electron chi connectivity index (χ2n) is 8.49. The first-order valence-corrected chi connectivity index (χ1v) is 11.0. The molecule has 0 atom stereocenters. The predicted molar refractivity (Wildman–Crippen MR) is 118 cm³/mol. The molecule has 0 unspecified atom stereocenters. The third kappa shape index (κ3) is 4.31. The van der Waals surface area contributed by atoms with E-state index < -0.39 is 0 Å². The number of rotatable bonds is 6. The smallest absolute Gasteiger partial charge is 0.270 e. The summed E-state index contributed by atoms with van der Waals surface area (Å²) in [5.41, 5.74) is 3.98. The lowest BCUT2D eigenvalue weighted by Gasteiger charge is -2.32. The van der Waals surface area contributed by atoms with Crippen LogP contribution in [0.3, 0.4) is 0 Å². The van der Waals surface area contributed by atoms with E-state index in [4.69, 9.17) is 5.10 Å². The molecular formula is C25H28N4O. The molecule has 0 bridgehead atoms. The zero-order valence-corrected chi connectivity index (χ0v) is 17.2. The molecule has 154 valence electrons. The molecule has 1 aromatic heterocycles. The molecule has 0 spiro atoms. The standard InChI is InChI=1S/C25H28N4O/c30-25(26-21-13-15-28(16-14-21)18-19-7-3-1-4-8-19)24-17-23(20-11-12-20)27-29(24)22-9-5-2-6-10-22/h1-10,17,20-21H,11-16,18H2,(H,26,30). The highest BCUT2D eigenvalue weighted by Gasteiger charge is 2.30. The Bertz CT molecular complexity index is 987. The van der Waals surface area contributed by atoms with E-state index in [1.54, 1.807) is 0 Å². The van der Waals surface area contributed by atoms with E-state index in [-0.39, 0.29) is 11.9 Å². The molecule has 2 fully saturated rings. The number of carbonyl (C=O) groups is 1. The van der Waals surface area contributed by atoms with Crippen LogP contribution in [0.2, 0.25) is 0 Å². The number of aromatic nitrogens is 2. The molecule has 3 aromatic rings. The van der Waals surface area contributed by atoms with Crippen molar-refractivity contribution in [3.63, 3.8) is 0 Å². The van der Waals surface area contributed by atoms with Gasteiger partial charge in [0.15, 0.2) is 0 Å². The number of nitrogens with one attached hydrogen (secondary N) is 1. The van der Waals surface area contributed by atoms with Gasteiger partial charge in [-0.05, 0) is 49.4 Å². The van der Waals surface area contributed by atoms with Crippen LogP contribution in [0.5, 0.6) is 0 Å². The number of nitrogens with zero attached hydrogens (tertiary/aromatic N) is 3. The Balaban J connectivity index is 1.24.